The molecule has 9 nitrogen and oxygen atoms in total. The number of benzene rings is 3. The quantitative estimate of drug-likeness (QED) is 0.374. The van der Waals surface area contributed by atoms with Crippen molar-refractivity contribution in [3.63, 3.8) is 0 Å². The van der Waals surface area contributed by atoms with Gasteiger partial charge in [-0.25, -0.2) is 22.3 Å². The first-order chi connectivity index (χ1) is 16.7. The number of hydrogen-bond donors (Lipinski definition) is 3. The Morgan fingerprint density at radius 1 is 0.914 bits per heavy atom. The fourth-order valence-corrected chi connectivity index (χ4v) is 4.63. The van der Waals surface area contributed by atoms with E-state index in [9.17, 15) is 22.4 Å². The van der Waals surface area contributed by atoms with Crippen LogP contribution in [0.25, 0.3) is 5.69 Å². The van der Waals surface area contributed by atoms with Gasteiger partial charge in [0, 0.05) is 12.7 Å². The summed E-state index contributed by atoms with van der Waals surface area (Å²) in [5.41, 5.74) is 0.518. The summed E-state index contributed by atoms with van der Waals surface area (Å²) in [5.74, 6) is -0.609. The number of para-hydroxylation sites is 2. The fraction of sp³-hybridized carbons (Fsp3) is 0.0833. The van der Waals surface area contributed by atoms with Crippen molar-refractivity contribution in [3.8, 4) is 5.69 Å². The highest BCUT2D eigenvalue weighted by Crippen LogP contribution is 2.21. The molecule has 0 saturated carbocycles. The maximum atomic E-state index is 13.8. The second-order valence-corrected chi connectivity index (χ2v) is 9.31. The minimum atomic E-state index is -4.18. The molecule has 0 atom stereocenters. The summed E-state index contributed by atoms with van der Waals surface area (Å²) >= 11 is 0. The second kappa shape index (κ2) is 9.47. The summed E-state index contributed by atoms with van der Waals surface area (Å²) in [6.07, 6.45) is 0. The molecule has 3 aromatic carbocycles. The van der Waals surface area contributed by atoms with E-state index in [0.29, 0.717) is 11.4 Å². The van der Waals surface area contributed by atoms with Gasteiger partial charge in [-0.3, -0.25) is 14.2 Å². The molecular weight excluding hydrogens is 473 g/mol. The van der Waals surface area contributed by atoms with Gasteiger partial charge in [0.05, 0.1) is 22.0 Å². The van der Waals surface area contributed by atoms with E-state index >= 15 is 0 Å². The van der Waals surface area contributed by atoms with Crippen LogP contribution >= 0.6 is 0 Å². The van der Waals surface area contributed by atoms with E-state index in [2.05, 4.69) is 15.4 Å². The van der Waals surface area contributed by atoms with Crippen molar-refractivity contribution in [1.82, 2.24) is 9.36 Å². The third-order valence-corrected chi connectivity index (χ3v) is 6.66. The predicted molar refractivity (Wildman–Crippen MR) is 132 cm³/mol. The van der Waals surface area contributed by atoms with Crippen molar-refractivity contribution in [2.24, 2.45) is 7.05 Å². The van der Waals surface area contributed by atoms with E-state index in [1.165, 1.54) is 47.1 Å². The van der Waals surface area contributed by atoms with Gasteiger partial charge in [0.25, 0.3) is 15.6 Å². The number of nitrogens with one attached hydrogen (secondary N) is 3. The number of hydrogen-bond acceptors (Lipinski definition) is 4. The van der Waals surface area contributed by atoms with Crippen LogP contribution in [0.15, 0.2) is 88.6 Å². The number of urea groups is 1. The highest BCUT2D eigenvalue weighted by atomic mass is 32.2. The smallest absolute Gasteiger partial charge is 0.308 e. The van der Waals surface area contributed by atoms with Crippen LogP contribution in [-0.2, 0) is 17.1 Å². The molecule has 1 heterocycles. The Morgan fingerprint density at radius 3 is 2.31 bits per heavy atom. The second-order valence-electron chi connectivity index (χ2n) is 7.63. The average molecular weight is 496 g/mol. The lowest BCUT2D eigenvalue weighted by molar-refractivity contribution is 0.262. The standard InChI is InChI=1S/C24H22FN5O4S/c1-16-22(23(31)30(29(16)2)18-10-4-3-5-11-18)28-35(33,34)19-12-8-9-17(15-19)26-24(32)27-21-14-7-6-13-20(21)25/h3-15,28H,1-2H3,(H2,26,27,32). The molecular formula is C24H22FN5O4S. The summed E-state index contributed by atoms with van der Waals surface area (Å²) in [4.78, 5) is 25.1. The number of rotatable bonds is 6. The molecule has 3 N–H and O–H groups in total. The number of nitrogens with zero attached hydrogens (tertiary/aromatic N) is 2. The average Bonchev–Trinajstić information content (AvgIpc) is 3.04. The third-order valence-electron chi connectivity index (χ3n) is 5.31. The molecule has 0 radical (unpaired) electrons. The van der Waals surface area contributed by atoms with Gasteiger partial charge in [0.15, 0.2) is 0 Å². The van der Waals surface area contributed by atoms with Crippen LogP contribution in [-0.4, -0.2) is 23.8 Å². The molecule has 0 fully saturated rings. The topological polar surface area (TPSA) is 114 Å². The molecule has 4 rings (SSSR count). The fourth-order valence-electron chi connectivity index (χ4n) is 3.47. The third kappa shape index (κ3) is 4.94. The molecule has 0 aliphatic rings. The molecule has 0 unspecified atom stereocenters. The largest absolute Gasteiger partial charge is 0.323 e. The molecule has 35 heavy (non-hydrogen) atoms. The SMILES string of the molecule is Cc1c(NS(=O)(=O)c2cccc(NC(=O)Nc3ccccc3F)c2)c(=O)n(-c2ccccc2)n1C. The Balaban J connectivity index is 1.58. The first kappa shape index (κ1) is 23.8. The van der Waals surface area contributed by atoms with Crippen molar-refractivity contribution in [2.75, 3.05) is 15.4 Å². The van der Waals surface area contributed by atoms with Crippen LogP contribution < -0.4 is 20.9 Å². The zero-order valence-electron chi connectivity index (χ0n) is 18.8. The van der Waals surface area contributed by atoms with Crippen LogP contribution in [0.5, 0.6) is 0 Å². The lowest BCUT2D eigenvalue weighted by atomic mass is 10.3. The van der Waals surface area contributed by atoms with Crippen molar-refractivity contribution in [1.29, 1.82) is 0 Å². The lowest BCUT2D eigenvalue weighted by Gasteiger charge is -2.11. The minimum Gasteiger partial charge on any atom is -0.308 e. The molecule has 11 heteroatoms. The molecule has 0 bridgehead atoms. The molecule has 1 aromatic heterocycles. The first-order valence-electron chi connectivity index (χ1n) is 10.5. The Bertz CT molecular complexity index is 1560. The van der Waals surface area contributed by atoms with Gasteiger partial charge < -0.3 is 10.6 Å². The summed E-state index contributed by atoms with van der Waals surface area (Å²) < 4.78 is 45.2. The number of carbonyl (C=O) groups is 1. The Morgan fingerprint density at radius 2 is 1.60 bits per heavy atom. The van der Waals surface area contributed by atoms with Gasteiger partial charge in [-0.1, -0.05) is 36.4 Å². The van der Waals surface area contributed by atoms with Crippen molar-refractivity contribution in [2.45, 2.75) is 11.8 Å². The van der Waals surface area contributed by atoms with Gasteiger partial charge in [-0.2, -0.15) is 0 Å². The van der Waals surface area contributed by atoms with Crippen molar-refractivity contribution in [3.05, 3.63) is 101 Å². The first-order valence-corrected chi connectivity index (χ1v) is 11.9. The normalized spacial score (nSPS) is 11.2. The number of sulfonamides is 1. The van der Waals surface area contributed by atoms with Gasteiger partial charge in [0.1, 0.15) is 11.5 Å². The van der Waals surface area contributed by atoms with E-state index in [1.807, 2.05) is 6.07 Å². The highest BCUT2D eigenvalue weighted by molar-refractivity contribution is 7.92. The molecule has 2 amide bonds. The monoisotopic (exact) mass is 495 g/mol. The highest BCUT2D eigenvalue weighted by Gasteiger charge is 2.23. The summed E-state index contributed by atoms with van der Waals surface area (Å²) in [7, 11) is -2.52. The van der Waals surface area contributed by atoms with Crippen LogP contribution in [0.4, 0.5) is 26.2 Å². The van der Waals surface area contributed by atoms with Crippen LogP contribution in [0.3, 0.4) is 0 Å². The Kier molecular flexibility index (Phi) is 6.43. The zero-order valence-corrected chi connectivity index (χ0v) is 19.6. The van der Waals surface area contributed by atoms with Crippen LogP contribution in [0.2, 0.25) is 0 Å². The van der Waals surface area contributed by atoms with E-state index in [1.54, 1.807) is 49.0 Å². The number of aromatic nitrogens is 2. The Hall–Kier alpha value is -4.38. The number of carbonyl (C=O) groups excluding carboxylic acids is 1. The minimum absolute atomic E-state index is 0.0234. The van der Waals surface area contributed by atoms with Gasteiger partial charge in [-0.15, -0.1) is 0 Å². The van der Waals surface area contributed by atoms with Gasteiger partial charge in [0.2, 0.25) is 0 Å². The predicted octanol–water partition coefficient (Wildman–Crippen LogP) is 4.07. The van der Waals surface area contributed by atoms with Crippen LogP contribution in [0, 0.1) is 12.7 Å². The van der Waals surface area contributed by atoms with Gasteiger partial charge >= 0.3 is 6.03 Å². The summed E-state index contributed by atoms with van der Waals surface area (Å²) in [6.45, 7) is 1.63. The number of anilines is 3. The zero-order chi connectivity index (χ0) is 25.2. The van der Waals surface area contributed by atoms with Crippen molar-refractivity contribution < 1.29 is 17.6 Å². The summed E-state index contributed by atoms with van der Waals surface area (Å²) in [6, 6.07) is 19.2. The molecule has 4 aromatic rings. The van der Waals surface area contributed by atoms with E-state index in [0.717, 1.165) is 0 Å². The van der Waals surface area contributed by atoms with E-state index in [4.69, 9.17) is 0 Å². The van der Waals surface area contributed by atoms with Gasteiger partial charge in [-0.05, 0) is 49.4 Å². The maximum Gasteiger partial charge on any atom is 0.323 e. The Labute approximate surface area is 200 Å². The molecule has 0 aliphatic heterocycles. The molecule has 0 spiro atoms. The van der Waals surface area contributed by atoms with Crippen LogP contribution in [0.1, 0.15) is 5.69 Å². The molecule has 0 saturated heterocycles. The summed E-state index contributed by atoms with van der Waals surface area (Å²) in [5, 5.41) is 4.83. The molecule has 0 aliphatic carbocycles. The number of amides is 2. The molecule has 180 valence electrons. The van der Waals surface area contributed by atoms with Crippen molar-refractivity contribution >= 4 is 33.1 Å². The maximum absolute atomic E-state index is 13.8. The number of halogens is 1. The lowest BCUT2D eigenvalue weighted by Crippen LogP contribution is -2.23. The van der Waals surface area contributed by atoms with E-state index < -0.39 is 27.4 Å². The van der Waals surface area contributed by atoms with E-state index in [-0.39, 0.29) is 22.0 Å².